The van der Waals surface area contributed by atoms with Gasteiger partial charge in [-0.1, -0.05) is 6.07 Å². The van der Waals surface area contributed by atoms with Crippen LogP contribution in [0.5, 0.6) is 0 Å². The molecule has 1 aromatic rings. The molecule has 0 radical (unpaired) electrons. The van der Waals surface area contributed by atoms with Crippen molar-refractivity contribution in [3.63, 3.8) is 0 Å². The second-order valence-corrected chi connectivity index (χ2v) is 1.58. The molecular formula is C6H8Cl2N2O. The minimum atomic E-state index is -0.490. The van der Waals surface area contributed by atoms with Crippen LogP contribution < -0.4 is 5.73 Å². The maximum absolute atomic E-state index is 10.4. The maximum Gasteiger partial charge on any atom is 0.267 e. The molecule has 0 spiro atoms. The van der Waals surface area contributed by atoms with E-state index in [4.69, 9.17) is 5.73 Å². The summed E-state index contributed by atoms with van der Waals surface area (Å²) in [6.07, 6.45) is 1.53. The van der Waals surface area contributed by atoms with Gasteiger partial charge in [0.2, 0.25) is 0 Å². The van der Waals surface area contributed by atoms with Gasteiger partial charge in [0.05, 0.1) is 0 Å². The first-order valence-electron chi connectivity index (χ1n) is 2.51. The lowest BCUT2D eigenvalue weighted by Crippen LogP contribution is -2.12. The van der Waals surface area contributed by atoms with Gasteiger partial charge in [0.15, 0.2) is 0 Å². The predicted octanol–water partition coefficient (Wildman–Crippen LogP) is 1.02. The molecule has 5 heteroatoms. The van der Waals surface area contributed by atoms with Gasteiger partial charge in [-0.05, 0) is 12.1 Å². The number of amides is 1. The number of primary amides is 1. The summed E-state index contributed by atoms with van der Waals surface area (Å²) in [7, 11) is 0. The smallest absolute Gasteiger partial charge is 0.267 e. The Balaban J connectivity index is 0. The number of rotatable bonds is 1. The van der Waals surface area contributed by atoms with Crippen molar-refractivity contribution >= 4 is 30.7 Å². The Hall–Kier alpha value is -0.800. The van der Waals surface area contributed by atoms with Crippen molar-refractivity contribution in [2.24, 2.45) is 5.73 Å². The van der Waals surface area contributed by atoms with E-state index in [-0.39, 0.29) is 24.8 Å². The summed E-state index contributed by atoms with van der Waals surface area (Å²) < 4.78 is 0. The number of carbonyl (C=O) groups excluding carboxylic acids is 1. The predicted molar refractivity (Wildman–Crippen MR) is 47.3 cm³/mol. The molecule has 1 aromatic heterocycles. The Bertz CT molecular complexity index is 215. The highest BCUT2D eigenvalue weighted by Gasteiger charge is 1.95. The minimum absolute atomic E-state index is 0. The number of nitrogens with zero attached hydrogens (tertiary/aromatic N) is 1. The van der Waals surface area contributed by atoms with E-state index in [0.29, 0.717) is 5.69 Å². The van der Waals surface area contributed by atoms with Gasteiger partial charge in [0, 0.05) is 6.20 Å². The molecule has 1 rings (SSSR count). The van der Waals surface area contributed by atoms with Gasteiger partial charge in [-0.3, -0.25) is 9.78 Å². The highest BCUT2D eigenvalue weighted by Crippen LogP contribution is 1.88. The van der Waals surface area contributed by atoms with E-state index in [2.05, 4.69) is 4.98 Å². The molecule has 1 amide bonds. The van der Waals surface area contributed by atoms with Crippen molar-refractivity contribution in [1.29, 1.82) is 0 Å². The molecule has 0 saturated carbocycles. The van der Waals surface area contributed by atoms with E-state index in [9.17, 15) is 4.79 Å². The van der Waals surface area contributed by atoms with Crippen LogP contribution in [0, 0.1) is 0 Å². The number of carbonyl (C=O) groups is 1. The zero-order valence-corrected chi connectivity index (χ0v) is 7.19. The third-order valence-electron chi connectivity index (χ3n) is 0.917. The van der Waals surface area contributed by atoms with Gasteiger partial charge < -0.3 is 5.73 Å². The average Bonchev–Trinajstić information content (AvgIpc) is 1.90. The zero-order chi connectivity index (χ0) is 6.69. The Morgan fingerprint density at radius 3 is 2.27 bits per heavy atom. The first-order valence-corrected chi connectivity index (χ1v) is 2.51. The van der Waals surface area contributed by atoms with Crippen molar-refractivity contribution in [2.45, 2.75) is 0 Å². The number of hydrogen-bond donors (Lipinski definition) is 1. The van der Waals surface area contributed by atoms with Crippen LogP contribution in [0.4, 0.5) is 0 Å². The summed E-state index contributed by atoms with van der Waals surface area (Å²) in [4.78, 5) is 14.1. The van der Waals surface area contributed by atoms with Crippen LogP contribution in [0.15, 0.2) is 24.4 Å². The Kier molecular flexibility index (Phi) is 6.94. The Labute approximate surface area is 76.8 Å². The van der Waals surface area contributed by atoms with E-state index in [1.54, 1.807) is 18.2 Å². The largest absolute Gasteiger partial charge is 0.364 e. The SMILES string of the molecule is Cl.Cl.NC(=O)c1ccccn1. The molecule has 0 fully saturated rings. The molecule has 62 valence electrons. The van der Waals surface area contributed by atoms with E-state index >= 15 is 0 Å². The number of hydrogen-bond acceptors (Lipinski definition) is 2. The van der Waals surface area contributed by atoms with Crippen molar-refractivity contribution in [1.82, 2.24) is 4.98 Å². The zero-order valence-electron chi connectivity index (χ0n) is 5.56. The minimum Gasteiger partial charge on any atom is -0.364 e. The molecule has 1 heterocycles. The van der Waals surface area contributed by atoms with Crippen LogP contribution in [0.1, 0.15) is 10.5 Å². The summed E-state index contributed by atoms with van der Waals surface area (Å²) in [5.41, 5.74) is 5.22. The summed E-state index contributed by atoms with van der Waals surface area (Å²) in [5, 5.41) is 0. The molecule has 0 aliphatic carbocycles. The van der Waals surface area contributed by atoms with Crippen LogP contribution in [0.3, 0.4) is 0 Å². The summed E-state index contributed by atoms with van der Waals surface area (Å²) in [6, 6.07) is 5.02. The standard InChI is InChI=1S/C6H6N2O.2ClH/c7-6(9)5-3-1-2-4-8-5;;/h1-4H,(H2,7,9);2*1H. The molecule has 0 aliphatic rings. The molecule has 0 bridgehead atoms. The number of pyridine rings is 1. The van der Waals surface area contributed by atoms with Gasteiger partial charge in [0.25, 0.3) is 5.91 Å². The van der Waals surface area contributed by atoms with Gasteiger partial charge in [-0.25, -0.2) is 0 Å². The fourth-order valence-electron chi connectivity index (χ4n) is 0.509. The van der Waals surface area contributed by atoms with E-state index < -0.39 is 5.91 Å². The number of aromatic nitrogens is 1. The quantitative estimate of drug-likeness (QED) is 0.727. The molecule has 0 unspecified atom stereocenters. The molecule has 0 saturated heterocycles. The molecular weight excluding hydrogens is 187 g/mol. The van der Waals surface area contributed by atoms with Crippen molar-refractivity contribution in [2.75, 3.05) is 0 Å². The Morgan fingerprint density at radius 2 is 2.00 bits per heavy atom. The van der Waals surface area contributed by atoms with Gasteiger partial charge in [-0.2, -0.15) is 0 Å². The van der Waals surface area contributed by atoms with Crippen LogP contribution in [-0.2, 0) is 0 Å². The highest BCUT2D eigenvalue weighted by atomic mass is 35.5. The summed E-state index contributed by atoms with van der Waals surface area (Å²) >= 11 is 0. The lowest BCUT2D eigenvalue weighted by atomic mass is 10.3. The van der Waals surface area contributed by atoms with E-state index in [0.717, 1.165) is 0 Å². The first-order chi connectivity index (χ1) is 4.30. The number of halogens is 2. The van der Waals surface area contributed by atoms with Crippen LogP contribution >= 0.6 is 24.8 Å². The fourth-order valence-corrected chi connectivity index (χ4v) is 0.509. The molecule has 0 aliphatic heterocycles. The molecule has 3 nitrogen and oxygen atoms in total. The topological polar surface area (TPSA) is 56.0 Å². The van der Waals surface area contributed by atoms with Crippen molar-refractivity contribution in [3.8, 4) is 0 Å². The van der Waals surface area contributed by atoms with Gasteiger partial charge in [-0.15, -0.1) is 24.8 Å². The monoisotopic (exact) mass is 194 g/mol. The first kappa shape index (κ1) is 12.8. The van der Waals surface area contributed by atoms with Crippen LogP contribution in [0.25, 0.3) is 0 Å². The summed E-state index contributed by atoms with van der Waals surface area (Å²) in [5.74, 6) is -0.490. The second-order valence-electron chi connectivity index (χ2n) is 1.58. The summed E-state index contributed by atoms with van der Waals surface area (Å²) in [6.45, 7) is 0. The van der Waals surface area contributed by atoms with Crippen molar-refractivity contribution in [3.05, 3.63) is 30.1 Å². The lowest BCUT2D eigenvalue weighted by molar-refractivity contribution is 0.0995. The molecule has 11 heavy (non-hydrogen) atoms. The molecule has 2 N–H and O–H groups in total. The molecule has 0 aromatic carbocycles. The average molecular weight is 195 g/mol. The second kappa shape index (κ2) is 5.95. The maximum atomic E-state index is 10.4. The third kappa shape index (κ3) is 3.80. The lowest BCUT2D eigenvalue weighted by Gasteiger charge is -1.88. The highest BCUT2D eigenvalue weighted by molar-refractivity contribution is 5.90. The van der Waals surface area contributed by atoms with Gasteiger partial charge >= 0.3 is 0 Å². The fraction of sp³-hybridized carbons (Fsp3) is 0. The van der Waals surface area contributed by atoms with Crippen LogP contribution in [0.2, 0.25) is 0 Å². The molecule has 0 atom stereocenters. The number of nitrogens with two attached hydrogens (primary N) is 1. The van der Waals surface area contributed by atoms with Gasteiger partial charge in [0.1, 0.15) is 5.69 Å². The van der Waals surface area contributed by atoms with Crippen LogP contribution in [-0.4, -0.2) is 10.9 Å². The van der Waals surface area contributed by atoms with E-state index in [1.165, 1.54) is 6.20 Å². The normalized spacial score (nSPS) is 7.27. The van der Waals surface area contributed by atoms with E-state index in [1.807, 2.05) is 0 Å². The third-order valence-corrected chi connectivity index (χ3v) is 0.917. The Morgan fingerprint density at radius 1 is 1.36 bits per heavy atom. The van der Waals surface area contributed by atoms with Crippen molar-refractivity contribution < 1.29 is 4.79 Å².